The van der Waals surface area contributed by atoms with Gasteiger partial charge in [0.05, 0.1) is 4.90 Å². The predicted molar refractivity (Wildman–Crippen MR) is 191 cm³/mol. The quantitative estimate of drug-likeness (QED) is 0.135. The highest BCUT2D eigenvalue weighted by molar-refractivity contribution is 14.1. The molecule has 3 nitrogen and oxygen atoms in total. The molecule has 244 valence electrons. The van der Waals surface area contributed by atoms with E-state index in [1.54, 1.807) is 18.2 Å². The average Bonchev–Trinajstić information content (AvgIpc) is 3.28. The van der Waals surface area contributed by atoms with Gasteiger partial charge in [0.25, 0.3) is 0 Å². The molecule has 1 aromatic rings. The van der Waals surface area contributed by atoms with Crippen LogP contribution in [0.3, 0.4) is 0 Å². The summed E-state index contributed by atoms with van der Waals surface area (Å²) in [5.74, 6) is 2.65. The minimum Gasteiger partial charge on any atom is -0.414 e. The maximum atomic E-state index is 14.0. The van der Waals surface area contributed by atoms with Crippen LogP contribution in [0.2, 0.25) is 36.3 Å². The lowest BCUT2D eigenvalue weighted by Crippen LogP contribution is -2.48. The summed E-state index contributed by atoms with van der Waals surface area (Å²) in [6.07, 6.45) is 7.63. The fraction of sp³-hybridized carbons (Fsp3) is 0.818. The second-order valence-corrected chi connectivity index (χ2v) is 28.0. The van der Waals surface area contributed by atoms with Crippen LogP contribution < -0.4 is 0 Å². The highest BCUT2D eigenvalue weighted by Gasteiger charge is 2.53. The second kappa shape index (κ2) is 14.7. The Bertz CT molecular complexity index is 1100. The van der Waals surface area contributed by atoms with Crippen molar-refractivity contribution in [3.8, 4) is 0 Å². The third-order valence-corrected chi connectivity index (χ3v) is 25.6. The monoisotopic (exact) mass is 755 g/mol. The molecule has 2 aliphatic rings. The van der Waals surface area contributed by atoms with Gasteiger partial charge in [-0.15, -0.1) is 0 Å². The van der Waals surface area contributed by atoms with Gasteiger partial charge in [0.2, 0.25) is 0 Å². The first-order valence-electron chi connectivity index (χ1n) is 16.2. The van der Waals surface area contributed by atoms with Crippen LogP contribution in [-0.4, -0.2) is 36.5 Å². The first-order chi connectivity index (χ1) is 19.3. The van der Waals surface area contributed by atoms with E-state index in [1.165, 1.54) is 66.8 Å². The van der Waals surface area contributed by atoms with Gasteiger partial charge < -0.3 is 4.43 Å². The van der Waals surface area contributed by atoms with Crippen LogP contribution >= 0.6 is 22.6 Å². The molecule has 0 N–H and O–H groups in total. The van der Waals surface area contributed by atoms with E-state index >= 15 is 0 Å². The summed E-state index contributed by atoms with van der Waals surface area (Å²) < 4.78 is 53.6. The Morgan fingerprint density at radius 2 is 1.60 bits per heavy atom. The Labute approximate surface area is 273 Å². The van der Waals surface area contributed by atoms with Crippen LogP contribution in [0, 0.1) is 23.2 Å². The molecule has 0 aliphatic heterocycles. The Morgan fingerprint density at radius 3 is 2.05 bits per heavy atom. The normalized spacial score (nSPS) is 27.3. The molecule has 0 aromatic heterocycles. The zero-order chi connectivity index (χ0) is 32.2. The predicted octanol–water partition coefficient (Wildman–Crippen LogP) is 11.8. The molecule has 0 saturated heterocycles. The molecule has 0 radical (unpaired) electrons. The Morgan fingerprint density at radius 1 is 1.05 bits per heavy atom. The van der Waals surface area contributed by atoms with Crippen molar-refractivity contribution < 1.29 is 17.4 Å². The van der Waals surface area contributed by atoms with Gasteiger partial charge >= 0.3 is 5.25 Å². The molecule has 2 fully saturated rings. The summed E-state index contributed by atoms with van der Waals surface area (Å²) in [5.41, 5.74) is 0.558. The standard InChI is InChI=1S/C19H37IOSi.C14H23F2NOSSi/c1-6-22(7-2,8-3)21-18-10-9-13-19(5)16(15(4)14-20)11-12-17(18)19;1-13(2,3)20(5,6)17-19(18,14(4,15)16)12-10-8-7-9-11-12/h15-18H,6-14H2,1-5H3;7-11H,1-6H3/t15-,16-,17+,18+,19-;/m1./s1. The van der Waals surface area contributed by atoms with Crippen molar-refractivity contribution in [2.24, 2.45) is 27.2 Å². The molecule has 1 unspecified atom stereocenters. The van der Waals surface area contributed by atoms with Gasteiger partial charge in [-0.05, 0) is 97.2 Å². The summed E-state index contributed by atoms with van der Waals surface area (Å²) in [7, 11) is -7.69. The molecule has 2 saturated carbocycles. The van der Waals surface area contributed by atoms with E-state index in [-0.39, 0.29) is 9.93 Å². The van der Waals surface area contributed by atoms with Crippen molar-refractivity contribution in [3.05, 3.63) is 30.3 Å². The largest absolute Gasteiger partial charge is 0.414 e. The number of fused-ring (bicyclic) bond motifs is 1. The summed E-state index contributed by atoms with van der Waals surface area (Å²) in [5, 5.41) is -3.61. The number of nitrogens with zero attached hydrogens (tertiary/aromatic N) is 1. The number of hydrogen-bond acceptors (Lipinski definition) is 3. The third kappa shape index (κ3) is 8.29. The van der Waals surface area contributed by atoms with Crippen LogP contribution in [0.4, 0.5) is 8.78 Å². The Balaban J connectivity index is 0.000000295. The van der Waals surface area contributed by atoms with Crippen molar-refractivity contribution in [1.29, 1.82) is 0 Å². The van der Waals surface area contributed by atoms with E-state index in [1.807, 2.05) is 33.9 Å². The lowest BCUT2D eigenvalue weighted by molar-refractivity contribution is -0.0169. The van der Waals surface area contributed by atoms with Crippen molar-refractivity contribution in [3.63, 3.8) is 0 Å². The topological polar surface area (TPSA) is 38.7 Å². The second-order valence-electron chi connectivity index (χ2n) is 14.8. The van der Waals surface area contributed by atoms with Gasteiger partial charge in [0, 0.05) is 17.5 Å². The molecule has 6 atom stereocenters. The van der Waals surface area contributed by atoms with Gasteiger partial charge in [0.1, 0.15) is 9.73 Å². The van der Waals surface area contributed by atoms with E-state index in [4.69, 9.17) is 4.43 Å². The molecule has 0 amide bonds. The summed E-state index contributed by atoms with van der Waals surface area (Å²) in [6, 6.07) is 11.8. The summed E-state index contributed by atoms with van der Waals surface area (Å²) in [4.78, 5) is 0.109. The van der Waals surface area contributed by atoms with Crippen LogP contribution in [0.5, 0.6) is 0 Å². The highest BCUT2D eigenvalue weighted by Crippen LogP contribution is 2.59. The van der Waals surface area contributed by atoms with Crippen LogP contribution in [0.15, 0.2) is 39.3 Å². The third-order valence-electron chi connectivity index (χ3n) is 11.1. The van der Waals surface area contributed by atoms with Gasteiger partial charge in [-0.25, -0.2) is 4.21 Å². The Kier molecular flexibility index (Phi) is 13.4. The van der Waals surface area contributed by atoms with Gasteiger partial charge in [-0.2, -0.15) is 8.78 Å². The molecular weight excluding hydrogens is 696 g/mol. The number of alkyl halides is 3. The first-order valence-corrected chi connectivity index (χ1v) is 24.7. The van der Waals surface area contributed by atoms with E-state index in [0.717, 1.165) is 17.8 Å². The van der Waals surface area contributed by atoms with E-state index in [9.17, 15) is 13.0 Å². The number of halogens is 3. The van der Waals surface area contributed by atoms with Crippen molar-refractivity contribution in [1.82, 2.24) is 0 Å². The number of hydrogen-bond donors (Lipinski definition) is 0. The lowest BCUT2D eigenvalue weighted by atomic mass is 9.62. The van der Waals surface area contributed by atoms with E-state index in [0.29, 0.717) is 18.4 Å². The van der Waals surface area contributed by atoms with Crippen molar-refractivity contribution in [2.75, 3.05) is 4.43 Å². The minimum absolute atomic E-state index is 0.109. The van der Waals surface area contributed by atoms with Crippen LogP contribution in [0.1, 0.15) is 94.4 Å². The molecule has 3 rings (SSSR count). The smallest absolute Gasteiger partial charge is 0.329 e. The zero-order valence-electron chi connectivity index (χ0n) is 28.4. The number of benzene rings is 1. The van der Waals surface area contributed by atoms with Crippen LogP contribution in [0.25, 0.3) is 0 Å². The highest BCUT2D eigenvalue weighted by atomic mass is 127. The molecule has 0 heterocycles. The minimum atomic E-state index is -3.77. The van der Waals surface area contributed by atoms with Crippen molar-refractivity contribution >= 4 is 48.9 Å². The molecule has 42 heavy (non-hydrogen) atoms. The molecule has 0 bridgehead atoms. The fourth-order valence-electron chi connectivity index (χ4n) is 7.07. The summed E-state index contributed by atoms with van der Waals surface area (Å²) in [6.45, 7) is 22.5. The van der Waals surface area contributed by atoms with Gasteiger partial charge in [0.15, 0.2) is 16.6 Å². The maximum absolute atomic E-state index is 14.0. The van der Waals surface area contributed by atoms with Gasteiger partial charge in [-0.1, -0.05) is 103 Å². The van der Waals surface area contributed by atoms with Crippen molar-refractivity contribution in [2.45, 2.75) is 147 Å². The SMILES string of the molecule is CC(C)(C)[Si](C)(C)N=S(=O)(c1ccccc1)C(C)(F)F.CC[Si](CC)(CC)O[C@H]1CCC[C@]2(C)[C@@H]([C@H](C)CI)CC[C@@H]12. The zero-order valence-corrected chi connectivity index (χ0v) is 33.3. The van der Waals surface area contributed by atoms with E-state index in [2.05, 4.69) is 61.2 Å². The summed E-state index contributed by atoms with van der Waals surface area (Å²) >= 11 is 2.59. The molecule has 2 aliphatic carbocycles. The van der Waals surface area contributed by atoms with E-state index < -0.39 is 31.5 Å². The lowest BCUT2D eigenvalue weighted by Gasteiger charge is -2.48. The number of rotatable bonds is 10. The van der Waals surface area contributed by atoms with Gasteiger partial charge in [-0.3, -0.25) is 4.03 Å². The van der Waals surface area contributed by atoms with Crippen LogP contribution in [-0.2, 0) is 14.2 Å². The molecule has 0 spiro atoms. The first kappa shape index (κ1) is 38.3. The molecular formula is C33H60F2INO2SSi2. The fourth-order valence-corrected chi connectivity index (χ4v) is 16.3. The molecule has 9 heteroatoms. The Hall–Kier alpha value is 0.154. The average molecular weight is 756 g/mol. The maximum Gasteiger partial charge on any atom is 0.329 e. The molecule has 1 aromatic carbocycles.